The minimum absolute atomic E-state index is 0.349. The van der Waals surface area contributed by atoms with Gasteiger partial charge in [-0.15, -0.1) is 0 Å². The summed E-state index contributed by atoms with van der Waals surface area (Å²) in [5.41, 5.74) is 0.349. The third kappa shape index (κ3) is 3.55. The predicted octanol–water partition coefficient (Wildman–Crippen LogP) is 2.58. The third-order valence-corrected chi connectivity index (χ3v) is 5.66. The lowest BCUT2D eigenvalue weighted by Crippen LogP contribution is -2.41. The van der Waals surface area contributed by atoms with Gasteiger partial charge < -0.3 is 14.1 Å². The maximum Gasteiger partial charge on any atom is 0.225 e. The summed E-state index contributed by atoms with van der Waals surface area (Å²) in [6.45, 7) is 4.90. The molecule has 0 radical (unpaired) electrons. The highest BCUT2D eigenvalue weighted by Crippen LogP contribution is 2.44. The fourth-order valence-corrected chi connectivity index (χ4v) is 4.35. The lowest BCUT2D eigenvalue weighted by atomic mass is 9.76. The van der Waals surface area contributed by atoms with Gasteiger partial charge in [0, 0.05) is 26.0 Å². The first-order valence-electron chi connectivity index (χ1n) is 9.05. The fraction of sp³-hybridized carbons (Fsp3) is 0.579. The van der Waals surface area contributed by atoms with E-state index in [4.69, 9.17) is 9.15 Å². The standard InChI is InChI=1S/C19H26N4O2/c1-24-14-16-12-19(15-23(16)18-20-7-3-8-21-18)5-9-22(10-6-19)13-17-4-2-11-25-17/h2-4,7-8,11,16H,5-6,9-10,12-15H2,1H3/t16-/m0/s1. The van der Waals surface area contributed by atoms with Crippen molar-refractivity contribution in [3.63, 3.8) is 0 Å². The normalized spacial score (nSPS) is 23.4. The van der Waals surface area contributed by atoms with Crippen molar-refractivity contribution < 1.29 is 9.15 Å². The summed E-state index contributed by atoms with van der Waals surface area (Å²) < 4.78 is 11.0. The van der Waals surface area contributed by atoms with Crippen LogP contribution in [0.5, 0.6) is 0 Å². The highest BCUT2D eigenvalue weighted by Gasteiger charge is 2.46. The summed E-state index contributed by atoms with van der Waals surface area (Å²) in [6, 6.07) is 6.26. The van der Waals surface area contributed by atoms with Gasteiger partial charge in [-0.1, -0.05) is 0 Å². The Labute approximate surface area is 148 Å². The van der Waals surface area contributed by atoms with Gasteiger partial charge in [-0.25, -0.2) is 9.97 Å². The molecule has 2 fully saturated rings. The molecule has 2 aromatic rings. The Balaban J connectivity index is 1.42. The van der Waals surface area contributed by atoms with Gasteiger partial charge in [-0.3, -0.25) is 4.90 Å². The molecule has 2 aliphatic heterocycles. The lowest BCUT2D eigenvalue weighted by molar-refractivity contribution is 0.101. The Kier molecular flexibility index (Phi) is 4.72. The van der Waals surface area contributed by atoms with Gasteiger partial charge >= 0.3 is 0 Å². The number of aromatic nitrogens is 2. The summed E-state index contributed by atoms with van der Waals surface area (Å²) in [5.74, 6) is 1.89. The minimum atomic E-state index is 0.349. The van der Waals surface area contributed by atoms with E-state index >= 15 is 0 Å². The van der Waals surface area contributed by atoms with Crippen molar-refractivity contribution in [2.75, 3.05) is 38.3 Å². The quantitative estimate of drug-likeness (QED) is 0.832. The van der Waals surface area contributed by atoms with Crippen molar-refractivity contribution in [3.8, 4) is 0 Å². The summed E-state index contributed by atoms with van der Waals surface area (Å²) >= 11 is 0. The lowest BCUT2D eigenvalue weighted by Gasteiger charge is -2.38. The van der Waals surface area contributed by atoms with Crippen LogP contribution in [0.1, 0.15) is 25.0 Å². The Hall–Kier alpha value is -1.92. The third-order valence-electron chi connectivity index (χ3n) is 5.66. The molecular weight excluding hydrogens is 316 g/mol. The van der Waals surface area contributed by atoms with E-state index in [0.717, 1.165) is 50.9 Å². The first-order valence-corrected chi connectivity index (χ1v) is 9.05. The molecule has 0 bridgehead atoms. The molecule has 134 valence electrons. The summed E-state index contributed by atoms with van der Waals surface area (Å²) in [4.78, 5) is 13.8. The van der Waals surface area contributed by atoms with E-state index in [1.54, 1.807) is 13.4 Å². The predicted molar refractivity (Wildman–Crippen MR) is 95.3 cm³/mol. The molecular formula is C19H26N4O2. The van der Waals surface area contributed by atoms with E-state index in [1.165, 1.54) is 12.8 Å². The van der Waals surface area contributed by atoms with E-state index in [-0.39, 0.29) is 0 Å². The smallest absolute Gasteiger partial charge is 0.225 e. The molecule has 4 rings (SSSR count). The molecule has 2 aromatic heterocycles. The van der Waals surface area contributed by atoms with Gasteiger partial charge in [0.2, 0.25) is 5.95 Å². The minimum Gasteiger partial charge on any atom is -0.468 e. The summed E-state index contributed by atoms with van der Waals surface area (Å²) in [5, 5.41) is 0. The molecule has 1 atom stereocenters. The second kappa shape index (κ2) is 7.14. The summed E-state index contributed by atoms with van der Waals surface area (Å²) in [7, 11) is 1.78. The number of hydrogen-bond donors (Lipinski definition) is 0. The maximum atomic E-state index is 5.49. The number of hydrogen-bond acceptors (Lipinski definition) is 6. The molecule has 2 aliphatic rings. The molecule has 0 saturated carbocycles. The Morgan fingerprint density at radius 3 is 2.72 bits per heavy atom. The van der Waals surface area contributed by atoms with Crippen LogP contribution in [-0.4, -0.2) is 54.3 Å². The van der Waals surface area contributed by atoms with Crippen molar-refractivity contribution in [1.29, 1.82) is 0 Å². The monoisotopic (exact) mass is 342 g/mol. The van der Waals surface area contributed by atoms with Crippen LogP contribution in [0.2, 0.25) is 0 Å². The zero-order valence-corrected chi connectivity index (χ0v) is 14.8. The van der Waals surface area contributed by atoms with Crippen LogP contribution >= 0.6 is 0 Å². The van der Waals surface area contributed by atoms with Crippen LogP contribution < -0.4 is 4.90 Å². The molecule has 6 nitrogen and oxygen atoms in total. The Bertz CT molecular complexity index is 653. The maximum absolute atomic E-state index is 5.49. The van der Waals surface area contributed by atoms with Gasteiger partial charge in [0.05, 0.1) is 25.5 Å². The van der Waals surface area contributed by atoms with Crippen molar-refractivity contribution in [2.24, 2.45) is 5.41 Å². The number of furan rings is 1. The topological polar surface area (TPSA) is 54.6 Å². The number of nitrogens with zero attached hydrogens (tertiary/aromatic N) is 4. The number of rotatable bonds is 5. The van der Waals surface area contributed by atoms with E-state index in [0.29, 0.717) is 11.5 Å². The van der Waals surface area contributed by atoms with Gasteiger partial charge in [0.15, 0.2) is 0 Å². The van der Waals surface area contributed by atoms with Gasteiger partial charge in [-0.05, 0) is 56.0 Å². The SMILES string of the molecule is COC[C@@H]1CC2(CCN(Cc3ccco3)CC2)CN1c1ncccn1. The molecule has 0 aliphatic carbocycles. The largest absolute Gasteiger partial charge is 0.468 e. The molecule has 1 spiro atoms. The van der Waals surface area contributed by atoms with Crippen LogP contribution in [0.3, 0.4) is 0 Å². The van der Waals surface area contributed by atoms with Crippen LogP contribution in [0, 0.1) is 5.41 Å². The zero-order chi connectivity index (χ0) is 17.1. The van der Waals surface area contributed by atoms with Crippen LogP contribution in [0.15, 0.2) is 41.3 Å². The van der Waals surface area contributed by atoms with Crippen molar-refractivity contribution in [3.05, 3.63) is 42.6 Å². The van der Waals surface area contributed by atoms with E-state index in [1.807, 2.05) is 24.5 Å². The average Bonchev–Trinajstić information content (AvgIpc) is 3.27. The molecule has 2 saturated heterocycles. The highest BCUT2D eigenvalue weighted by molar-refractivity contribution is 5.35. The number of methoxy groups -OCH3 is 1. The number of piperidine rings is 1. The number of ether oxygens (including phenoxy) is 1. The molecule has 25 heavy (non-hydrogen) atoms. The van der Waals surface area contributed by atoms with E-state index in [9.17, 15) is 0 Å². The van der Waals surface area contributed by atoms with Gasteiger partial charge in [-0.2, -0.15) is 0 Å². The number of likely N-dealkylation sites (tertiary alicyclic amines) is 1. The highest BCUT2D eigenvalue weighted by atomic mass is 16.5. The fourth-order valence-electron chi connectivity index (χ4n) is 4.35. The first kappa shape index (κ1) is 16.5. The second-order valence-electron chi connectivity index (χ2n) is 7.35. The van der Waals surface area contributed by atoms with Crippen molar-refractivity contribution in [1.82, 2.24) is 14.9 Å². The molecule has 0 amide bonds. The molecule has 0 N–H and O–H groups in total. The number of anilines is 1. The molecule has 0 unspecified atom stereocenters. The molecule has 6 heteroatoms. The van der Waals surface area contributed by atoms with Crippen LogP contribution in [0.25, 0.3) is 0 Å². The van der Waals surface area contributed by atoms with Crippen LogP contribution in [0.4, 0.5) is 5.95 Å². The second-order valence-corrected chi connectivity index (χ2v) is 7.35. The van der Waals surface area contributed by atoms with E-state index < -0.39 is 0 Å². The Morgan fingerprint density at radius 1 is 1.24 bits per heavy atom. The zero-order valence-electron chi connectivity index (χ0n) is 14.8. The van der Waals surface area contributed by atoms with Crippen molar-refractivity contribution >= 4 is 5.95 Å². The summed E-state index contributed by atoms with van der Waals surface area (Å²) in [6.07, 6.45) is 8.97. The van der Waals surface area contributed by atoms with Gasteiger partial charge in [0.25, 0.3) is 0 Å². The molecule has 4 heterocycles. The van der Waals surface area contributed by atoms with Crippen molar-refractivity contribution in [2.45, 2.75) is 31.8 Å². The van der Waals surface area contributed by atoms with E-state index in [2.05, 4.69) is 25.8 Å². The Morgan fingerprint density at radius 2 is 2.04 bits per heavy atom. The average molecular weight is 342 g/mol. The first-order chi connectivity index (χ1) is 12.3. The van der Waals surface area contributed by atoms with Crippen LogP contribution in [-0.2, 0) is 11.3 Å². The molecule has 0 aromatic carbocycles. The van der Waals surface area contributed by atoms with Gasteiger partial charge in [0.1, 0.15) is 5.76 Å².